The molecule has 27 heavy (non-hydrogen) atoms. The Kier molecular flexibility index (Phi) is 5.80. The van der Waals surface area contributed by atoms with Crippen molar-refractivity contribution in [2.45, 2.75) is 39.8 Å². The van der Waals surface area contributed by atoms with Gasteiger partial charge in [0.15, 0.2) is 5.82 Å². The molecule has 0 saturated carbocycles. The first-order valence-electron chi connectivity index (χ1n) is 9.04. The van der Waals surface area contributed by atoms with E-state index in [1.54, 1.807) is 34.6 Å². The molecular weight excluding hydrogens is 342 g/mol. The van der Waals surface area contributed by atoms with Gasteiger partial charge < -0.3 is 9.88 Å². The van der Waals surface area contributed by atoms with Crippen LogP contribution in [0, 0.1) is 6.92 Å². The van der Waals surface area contributed by atoms with E-state index >= 15 is 0 Å². The third-order valence-corrected chi connectivity index (χ3v) is 4.32. The zero-order chi connectivity index (χ0) is 19.2. The number of aryl methyl sites for hydroxylation is 4. The van der Waals surface area contributed by atoms with E-state index in [0.717, 1.165) is 24.9 Å². The van der Waals surface area contributed by atoms with Crippen molar-refractivity contribution in [1.29, 1.82) is 0 Å². The summed E-state index contributed by atoms with van der Waals surface area (Å²) < 4.78 is 3.23. The normalized spacial score (nSPS) is 10.7. The van der Waals surface area contributed by atoms with E-state index in [-0.39, 0.29) is 11.1 Å². The topological polar surface area (TPSA) is 81.8 Å². The molecule has 140 valence electrons. The van der Waals surface area contributed by atoms with Crippen LogP contribution in [0.5, 0.6) is 0 Å². The number of rotatable bonds is 7. The van der Waals surface area contributed by atoms with Crippen molar-refractivity contribution in [1.82, 2.24) is 19.6 Å². The van der Waals surface area contributed by atoms with E-state index in [4.69, 9.17) is 0 Å². The Morgan fingerprint density at radius 3 is 2.67 bits per heavy atom. The number of hydrogen-bond acceptors (Lipinski definition) is 4. The molecule has 0 aliphatic heterocycles. The number of carbonyl (C=O) groups is 1. The Bertz CT molecular complexity index is 976. The highest BCUT2D eigenvalue weighted by atomic mass is 16.2. The van der Waals surface area contributed by atoms with Crippen LogP contribution in [0.3, 0.4) is 0 Å². The lowest BCUT2D eigenvalue weighted by Crippen LogP contribution is -2.30. The van der Waals surface area contributed by atoms with Crippen molar-refractivity contribution in [2.24, 2.45) is 0 Å². The van der Waals surface area contributed by atoms with Gasteiger partial charge in [-0.2, -0.15) is 0 Å². The minimum absolute atomic E-state index is 0.135. The van der Waals surface area contributed by atoms with Gasteiger partial charge in [0, 0.05) is 19.3 Å². The molecule has 1 amide bonds. The summed E-state index contributed by atoms with van der Waals surface area (Å²) >= 11 is 0. The van der Waals surface area contributed by atoms with Gasteiger partial charge in [-0.3, -0.25) is 14.3 Å². The van der Waals surface area contributed by atoms with Crippen molar-refractivity contribution in [3.8, 4) is 0 Å². The maximum atomic E-state index is 12.8. The number of nitrogens with one attached hydrogen (secondary N) is 1. The molecule has 2 heterocycles. The van der Waals surface area contributed by atoms with E-state index in [2.05, 4.69) is 15.6 Å². The van der Waals surface area contributed by atoms with Gasteiger partial charge in [0.2, 0.25) is 0 Å². The molecule has 7 heteroatoms. The summed E-state index contributed by atoms with van der Waals surface area (Å²) in [5.74, 6) is -0.123. The number of pyridine rings is 1. The van der Waals surface area contributed by atoms with Crippen LogP contribution in [0.4, 0.5) is 5.82 Å². The molecule has 0 saturated heterocycles. The van der Waals surface area contributed by atoms with Crippen LogP contribution in [0.2, 0.25) is 0 Å². The molecule has 0 atom stereocenters. The van der Waals surface area contributed by atoms with Crippen molar-refractivity contribution in [2.75, 3.05) is 5.32 Å². The van der Waals surface area contributed by atoms with Crippen LogP contribution in [0.25, 0.3) is 0 Å². The zero-order valence-electron chi connectivity index (χ0n) is 15.6. The average Bonchev–Trinajstić information content (AvgIpc) is 3.09. The molecule has 7 nitrogen and oxygen atoms in total. The van der Waals surface area contributed by atoms with Gasteiger partial charge in [0.25, 0.3) is 11.5 Å². The number of benzene rings is 1. The molecule has 0 aliphatic carbocycles. The van der Waals surface area contributed by atoms with Crippen molar-refractivity contribution in [3.05, 3.63) is 75.8 Å². The van der Waals surface area contributed by atoms with Gasteiger partial charge in [-0.25, -0.2) is 0 Å². The van der Waals surface area contributed by atoms with Crippen molar-refractivity contribution < 1.29 is 4.79 Å². The maximum absolute atomic E-state index is 12.8. The van der Waals surface area contributed by atoms with E-state index < -0.39 is 5.91 Å². The van der Waals surface area contributed by atoms with Crippen molar-refractivity contribution >= 4 is 11.7 Å². The third-order valence-electron chi connectivity index (χ3n) is 4.32. The lowest BCUT2D eigenvalue weighted by atomic mass is 10.1. The average molecular weight is 365 g/mol. The van der Waals surface area contributed by atoms with Gasteiger partial charge in [-0.15, -0.1) is 5.10 Å². The first kappa shape index (κ1) is 18.6. The molecule has 0 unspecified atom stereocenters. The minimum atomic E-state index is -0.463. The molecule has 1 aromatic carbocycles. The molecule has 2 aromatic heterocycles. The summed E-state index contributed by atoms with van der Waals surface area (Å²) in [6, 6.07) is 11.7. The molecule has 3 rings (SSSR count). The summed E-state index contributed by atoms with van der Waals surface area (Å²) in [6.45, 7) is 5.02. The van der Waals surface area contributed by atoms with Crippen LogP contribution >= 0.6 is 0 Å². The Balaban J connectivity index is 1.77. The number of aromatic nitrogens is 4. The third kappa shape index (κ3) is 4.49. The fourth-order valence-corrected chi connectivity index (χ4v) is 2.88. The highest BCUT2D eigenvalue weighted by Crippen LogP contribution is 2.08. The number of nitrogens with zero attached hydrogens (tertiary/aromatic N) is 4. The van der Waals surface area contributed by atoms with Crippen molar-refractivity contribution in [3.63, 3.8) is 0 Å². The second kappa shape index (κ2) is 8.44. The van der Waals surface area contributed by atoms with E-state index in [0.29, 0.717) is 17.9 Å². The van der Waals surface area contributed by atoms with Gasteiger partial charge in [-0.1, -0.05) is 42.5 Å². The predicted octanol–water partition coefficient (Wildman–Crippen LogP) is 2.65. The molecule has 0 aliphatic rings. The van der Waals surface area contributed by atoms with Gasteiger partial charge in [0.1, 0.15) is 5.56 Å². The zero-order valence-corrected chi connectivity index (χ0v) is 15.6. The first-order chi connectivity index (χ1) is 13.1. The summed E-state index contributed by atoms with van der Waals surface area (Å²) in [4.78, 5) is 25.5. The van der Waals surface area contributed by atoms with Crippen LogP contribution < -0.4 is 10.9 Å². The van der Waals surface area contributed by atoms with Gasteiger partial charge >= 0.3 is 0 Å². The predicted molar refractivity (Wildman–Crippen MR) is 104 cm³/mol. The molecule has 3 aromatic rings. The fraction of sp³-hybridized carbons (Fsp3) is 0.300. The molecule has 0 radical (unpaired) electrons. The minimum Gasteiger partial charge on any atom is -0.315 e. The summed E-state index contributed by atoms with van der Waals surface area (Å²) in [5, 5.41) is 10.5. The van der Waals surface area contributed by atoms with Crippen LogP contribution in [0.15, 0.2) is 53.6 Å². The molecule has 1 N–H and O–H groups in total. The van der Waals surface area contributed by atoms with Gasteiger partial charge in [0.05, 0.1) is 6.20 Å². The molecule has 0 fully saturated rings. The first-order valence-corrected chi connectivity index (χ1v) is 9.04. The number of carbonyl (C=O) groups excluding carboxylic acids is 1. The summed E-state index contributed by atoms with van der Waals surface area (Å²) in [5.41, 5.74) is 1.61. The Hall–Kier alpha value is -3.22. The molecular formula is C20H23N5O2. The second-order valence-electron chi connectivity index (χ2n) is 6.43. The fourth-order valence-electron chi connectivity index (χ4n) is 2.88. The Labute approximate surface area is 157 Å². The van der Waals surface area contributed by atoms with Crippen LogP contribution in [-0.4, -0.2) is 25.5 Å². The summed E-state index contributed by atoms with van der Waals surface area (Å²) in [7, 11) is 0. The van der Waals surface area contributed by atoms with E-state index in [9.17, 15) is 9.59 Å². The standard InChI is InChI=1S/C20H23N5O2/c1-3-11-25-14-17(22-23-25)21-19(26)18-15(2)9-12-24(20(18)27)13-10-16-7-5-4-6-8-16/h4-9,12,14H,3,10-11,13H2,1-2H3,(H,21,26). The quantitative estimate of drug-likeness (QED) is 0.698. The van der Waals surface area contributed by atoms with E-state index in [1.165, 1.54) is 0 Å². The smallest absolute Gasteiger partial charge is 0.263 e. The highest BCUT2D eigenvalue weighted by molar-refractivity contribution is 6.04. The molecule has 0 spiro atoms. The number of hydrogen-bond donors (Lipinski definition) is 1. The Morgan fingerprint density at radius 1 is 1.15 bits per heavy atom. The Morgan fingerprint density at radius 2 is 1.93 bits per heavy atom. The number of amides is 1. The lowest BCUT2D eigenvalue weighted by molar-refractivity contribution is 0.102. The summed E-state index contributed by atoms with van der Waals surface area (Å²) in [6.07, 6.45) is 5.03. The largest absolute Gasteiger partial charge is 0.315 e. The molecule has 0 bridgehead atoms. The van der Waals surface area contributed by atoms with Crippen LogP contribution in [-0.2, 0) is 19.5 Å². The lowest BCUT2D eigenvalue weighted by Gasteiger charge is -2.10. The highest BCUT2D eigenvalue weighted by Gasteiger charge is 2.17. The second-order valence-corrected chi connectivity index (χ2v) is 6.43. The SMILES string of the molecule is CCCn1cc(NC(=O)c2c(C)ccn(CCc3ccccc3)c2=O)nn1. The van der Waals surface area contributed by atoms with Gasteiger partial charge in [-0.05, 0) is 37.0 Å². The van der Waals surface area contributed by atoms with Crippen LogP contribution in [0.1, 0.15) is 34.8 Å². The maximum Gasteiger partial charge on any atom is 0.263 e. The number of anilines is 1. The monoisotopic (exact) mass is 365 g/mol. The van der Waals surface area contributed by atoms with E-state index in [1.807, 2.05) is 37.3 Å².